The highest BCUT2D eigenvalue weighted by atomic mass is 14.9. The first-order valence-corrected chi connectivity index (χ1v) is 8.32. The van der Waals surface area contributed by atoms with Gasteiger partial charge < -0.3 is 0 Å². The number of hydrogen-bond donors (Lipinski definition) is 0. The van der Waals surface area contributed by atoms with E-state index in [2.05, 4.69) is 95.8 Å². The summed E-state index contributed by atoms with van der Waals surface area (Å²) in [6.45, 7) is 0. The molecule has 1 nitrogen and oxygen atoms in total. The Labute approximate surface area is 142 Å². The van der Waals surface area contributed by atoms with Crippen molar-refractivity contribution in [3.63, 3.8) is 0 Å². The second-order valence-corrected chi connectivity index (χ2v) is 6.20. The first-order chi connectivity index (χ1) is 11.8. The fourth-order valence-electron chi connectivity index (χ4n) is 3.26. The molecule has 4 rings (SSSR count). The lowest BCUT2D eigenvalue weighted by Gasteiger charge is -2.10. The Kier molecular flexibility index (Phi) is 3.84. The van der Waals surface area contributed by atoms with Gasteiger partial charge in [-0.3, -0.25) is 0 Å². The Balaban J connectivity index is 1.77. The summed E-state index contributed by atoms with van der Waals surface area (Å²) in [5.41, 5.74) is 2.64. The molecule has 0 radical (unpaired) electrons. The molecule has 0 amide bonds. The lowest BCUT2D eigenvalue weighted by molar-refractivity contribution is -0.671. The van der Waals surface area contributed by atoms with Gasteiger partial charge in [0.25, 0.3) is 0 Å². The number of allylic oxidation sites excluding steroid dienone is 1. The standard InChI is InChI=1S/C23H20N/c1-24-15-13-18(14-16-24)7-6-12-23-21-10-4-2-8-19(21)17-20-9-3-5-11-22(20)23/h2-11,13-17H,12H2,1H3/q+1/b7-6+. The second kappa shape index (κ2) is 6.29. The van der Waals surface area contributed by atoms with Crippen molar-refractivity contribution < 1.29 is 4.57 Å². The molecule has 116 valence electrons. The molecule has 0 aliphatic rings. The van der Waals surface area contributed by atoms with Crippen molar-refractivity contribution in [1.82, 2.24) is 0 Å². The molecule has 0 bridgehead atoms. The second-order valence-electron chi connectivity index (χ2n) is 6.20. The normalized spacial score (nSPS) is 11.5. The van der Waals surface area contributed by atoms with E-state index in [9.17, 15) is 0 Å². The average Bonchev–Trinajstić information content (AvgIpc) is 2.63. The van der Waals surface area contributed by atoms with E-state index < -0.39 is 0 Å². The van der Waals surface area contributed by atoms with Gasteiger partial charge in [-0.1, -0.05) is 60.7 Å². The molecule has 24 heavy (non-hydrogen) atoms. The molecular formula is C23H20N+. The summed E-state index contributed by atoms with van der Waals surface area (Å²) in [6.07, 6.45) is 9.56. The molecule has 1 heteroatoms. The van der Waals surface area contributed by atoms with Crippen LogP contribution in [0.2, 0.25) is 0 Å². The van der Waals surface area contributed by atoms with Gasteiger partial charge in [0.15, 0.2) is 12.4 Å². The van der Waals surface area contributed by atoms with Crippen LogP contribution in [0.5, 0.6) is 0 Å². The quantitative estimate of drug-likeness (QED) is 0.367. The van der Waals surface area contributed by atoms with Gasteiger partial charge in [0.05, 0.1) is 0 Å². The molecule has 1 aromatic heterocycles. The van der Waals surface area contributed by atoms with Gasteiger partial charge in [0.2, 0.25) is 0 Å². The van der Waals surface area contributed by atoms with Gasteiger partial charge in [-0.2, -0.15) is 0 Å². The van der Waals surface area contributed by atoms with Gasteiger partial charge in [-0.05, 0) is 45.2 Å². The van der Waals surface area contributed by atoms with E-state index in [1.807, 2.05) is 7.05 Å². The van der Waals surface area contributed by atoms with Crippen molar-refractivity contribution in [2.24, 2.45) is 7.05 Å². The van der Waals surface area contributed by atoms with Crippen molar-refractivity contribution >= 4 is 27.6 Å². The Bertz CT molecular complexity index is 973. The van der Waals surface area contributed by atoms with Crippen LogP contribution in [0.1, 0.15) is 11.1 Å². The van der Waals surface area contributed by atoms with Gasteiger partial charge in [-0.15, -0.1) is 0 Å². The monoisotopic (exact) mass is 310 g/mol. The van der Waals surface area contributed by atoms with Crippen LogP contribution < -0.4 is 4.57 Å². The Morgan fingerprint density at radius 3 is 2.00 bits per heavy atom. The molecule has 3 aromatic carbocycles. The van der Waals surface area contributed by atoms with E-state index in [0.717, 1.165) is 6.42 Å². The largest absolute Gasteiger partial charge is 0.208 e. The average molecular weight is 310 g/mol. The van der Waals surface area contributed by atoms with Crippen LogP contribution in [-0.2, 0) is 13.5 Å². The third-order valence-corrected chi connectivity index (χ3v) is 4.52. The zero-order valence-corrected chi connectivity index (χ0v) is 13.8. The SMILES string of the molecule is C[n+]1ccc(/C=C/Cc2c3ccccc3cc3ccccc23)cc1. The van der Waals surface area contributed by atoms with Crippen LogP contribution in [0.3, 0.4) is 0 Å². The predicted molar refractivity (Wildman–Crippen MR) is 102 cm³/mol. The van der Waals surface area contributed by atoms with Crippen LogP contribution >= 0.6 is 0 Å². The van der Waals surface area contributed by atoms with Gasteiger partial charge in [0, 0.05) is 12.1 Å². The molecular weight excluding hydrogens is 290 g/mol. The molecule has 4 aromatic rings. The fourth-order valence-corrected chi connectivity index (χ4v) is 3.26. The number of rotatable bonds is 3. The summed E-state index contributed by atoms with van der Waals surface area (Å²) in [5.74, 6) is 0. The number of aromatic nitrogens is 1. The van der Waals surface area contributed by atoms with E-state index in [-0.39, 0.29) is 0 Å². The van der Waals surface area contributed by atoms with E-state index in [1.165, 1.54) is 32.7 Å². The van der Waals surface area contributed by atoms with Gasteiger partial charge in [0.1, 0.15) is 7.05 Å². The number of pyridine rings is 1. The maximum atomic E-state index is 2.29. The minimum absolute atomic E-state index is 0.933. The number of aryl methyl sites for hydroxylation is 1. The number of benzene rings is 3. The van der Waals surface area contributed by atoms with E-state index >= 15 is 0 Å². The zero-order chi connectivity index (χ0) is 16.4. The Morgan fingerprint density at radius 1 is 0.792 bits per heavy atom. The lowest BCUT2D eigenvalue weighted by Crippen LogP contribution is -2.25. The highest BCUT2D eigenvalue weighted by Crippen LogP contribution is 2.29. The summed E-state index contributed by atoms with van der Waals surface area (Å²) in [6, 6.07) is 23.9. The predicted octanol–water partition coefficient (Wildman–Crippen LogP) is 5.07. The molecule has 0 N–H and O–H groups in total. The molecule has 0 aliphatic heterocycles. The molecule has 0 spiro atoms. The van der Waals surface area contributed by atoms with Crippen molar-refractivity contribution in [2.75, 3.05) is 0 Å². The smallest absolute Gasteiger partial charge is 0.169 e. The highest BCUT2D eigenvalue weighted by molar-refractivity contribution is 6.02. The summed E-state index contributed by atoms with van der Waals surface area (Å²) in [7, 11) is 2.04. The molecule has 0 aliphatic carbocycles. The topological polar surface area (TPSA) is 3.88 Å². The summed E-state index contributed by atoms with van der Waals surface area (Å²) in [5, 5.41) is 5.32. The first kappa shape index (κ1) is 14.6. The third kappa shape index (κ3) is 2.81. The number of nitrogens with zero attached hydrogens (tertiary/aromatic N) is 1. The fraction of sp³-hybridized carbons (Fsp3) is 0.0870. The van der Waals surface area contributed by atoms with Crippen LogP contribution in [0.25, 0.3) is 27.6 Å². The number of fused-ring (bicyclic) bond motifs is 2. The lowest BCUT2D eigenvalue weighted by atomic mass is 9.94. The van der Waals surface area contributed by atoms with Crippen LogP contribution in [-0.4, -0.2) is 0 Å². The van der Waals surface area contributed by atoms with Gasteiger partial charge >= 0.3 is 0 Å². The minimum Gasteiger partial charge on any atom is -0.208 e. The highest BCUT2D eigenvalue weighted by Gasteiger charge is 2.05. The first-order valence-electron chi connectivity index (χ1n) is 8.32. The van der Waals surface area contributed by atoms with E-state index in [1.54, 1.807) is 0 Å². The molecule has 0 saturated heterocycles. The van der Waals surface area contributed by atoms with Crippen molar-refractivity contribution in [3.8, 4) is 0 Å². The molecule has 1 heterocycles. The Morgan fingerprint density at radius 2 is 1.38 bits per heavy atom. The summed E-state index contributed by atoms with van der Waals surface area (Å²) in [4.78, 5) is 0. The number of hydrogen-bond acceptors (Lipinski definition) is 0. The maximum Gasteiger partial charge on any atom is 0.169 e. The van der Waals surface area contributed by atoms with Crippen molar-refractivity contribution in [2.45, 2.75) is 6.42 Å². The van der Waals surface area contributed by atoms with Crippen LogP contribution in [0, 0.1) is 0 Å². The van der Waals surface area contributed by atoms with E-state index in [4.69, 9.17) is 0 Å². The zero-order valence-electron chi connectivity index (χ0n) is 13.8. The third-order valence-electron chi connectivity index (χ3n) is 4.52. The molecule has 0 unspecified atom stereocenters. The summed E-state index contributed by atoms with van der Waals surface area (Å²) >= 11 is 0. The minimum atomic E-state index is 0.933. The maximum absolute atomic E-state index is 2.29. The molecule has 0 saturated carbocycles. The van der Waals surface area contributed by atoms with Gasteiger partial charge in [-0.25, -0.2) is 4.57 Å². The van der Waals surface area contributed by atoms with E-state index in [0.29, 0.717) is 0 Å². The van der Waals surface area contributed by atoms with Crippen molar-refractivity contribution in [1.29, 1.82) is 0 Å². The Hall–Kier alpha value is -2.93. The van der Waals surface area contributed by atoms with Crippen LogP contribution in [0.15, 0.2) is 85.2 Å². The molecule has 0 atom stereocenters. The van der Waals surface area contributed by atoms with Crippen molar-refractivity contribution in [3.05, 3.63) is 96.3 Å². The van der Waals surface area contributed by atoms with Crippen LogP contribution in [0.4, 0.5) is 0 Å². The molecule has 0 fully saturated rings. The summed E-state index contributed by atoms with van der Waals surface area (Å²) < 4.78 is 2.05.